The van der Waals surface area contributed by atoms with Gasteiger partial charge in [0, 0.05) is 35.5 Å². The van der Waals surface area contributed by atoms with Gasteiger partial charge in [-0.2, -0.15) is 0 Å². The van der Waals surface area contributed by atoms with Crippen LogP contribution in [0.25, 0.3) is 10.9 Å². The van der Waals surface area contributed by atoms with Crippen molar-refractivity contribution < 1.29 is 0 Å². The number of aryl methyl sites for hydroxylation is 2. The molecule has 14 heavy (non-hydrogen) atoms. The summed E-state index contributed by atoms with van der Waals surface area (Å²) in [4.78, 5) is 11.4. The highest BCUT2D eigenvalue weighted by molar-refractivity contribution is 8.93. The predicted octanol–water partition coefficient (Wildman–Crippen LogP) is 2.69. The van der Waals surface area contributed by atoms with Crippen molar-refractivity contribution in [1.82, 2.24) is 4.57 Å². The van der Waals surface area contributed by atoms with Crippen LogP contribution in [0.3, 0.4) is 0 Å². The van der Waals surface area contributed by atoms with E-state index in [9.17, 15) is 4.79 Å². The quantitative estimate of drug-likeness (QED) is 0.707. The molecule has 0 amide bonds. The van der Waals surface area contributed by atoms with Crippen LogP contribution in [0.2, 0.25) is 0 Å². The van der Waals surface area contributed by atoms with Crippen molar-refractivity contribution in [1.29, 1.82) is 0 Å². The summed E-state index contributed by atoms with van der Waals surface area (Å²) in [5.74, 6) is 0. The molecule has 0 spiro atoms. The Kier molecular flexibility index (Phi) is 3.11. The second-order valence-electron chi connectivity index (χ2n) is 3.24. The second-order valence-corrected chi connectivity index (χ2v) is 3.24. The summed E-state index contributed by atoms with van der Waals surface area (Å²) in [6.45, 7) is 1.96. The van der Waals surface area contributed by atoms with E-state index in [0.717, 1.165) is 16.5 Å². The molecule has 2 aromatic rings. The van der Waals surface area contributed by atoms with E-state index < -0.39 is 0 Å². The summed E-state index contributed by atoms with van der Waals surface area (Å²) in [7, 11) is 1.80. The van der Waals surface area contributed by atoms with Gasteiger partial charge in [-0.1, -0.05) is 18.2 Å². The number of para-hydroxylation sites is 1. The molecule has 0 aliphatic heterocycles. The van der Waals surface area contributed by atoms with E-state index in [2.05, 4.69) is 0 Å². The fraction of sp³-hybridized carbons (Fsp3) is 0.182. The van der Waals surface area contributed by atoms with E-state index in [1.165, 1.54) is 0 Å². The van der Waals surface area contributed by atoms with Crippen LogP contribution in [0.4, 0.5) is 0 Å². The summed E-state index contributed by atoms with van der Waals surface area (Å²) >= 11 is 0. The first kappa shape index (κ1) is 11.0. The van der Waals surface area contributed by atoms with Gasteiger partial charge in [0.15, 0.2) is 0 Å². The van der Waals surface area contributed by atoms with Crippen molar-refractivity contribution in [3.8, 4) is 0 Å². The Morgan fingerprint density at radius 3 is 2.57 bits per heavy atom. The average molecular weight is 253 g/mol. The van der Waals surface area contributed by atoms with Crippen LogP contribution in [0.5, 0.6) is 0 Å². The summed E-state index contributed by atoms with van der Waals surface area (Å²) in [6, 6.07) is 9.59. The van der Waals surface area contributed by atoms with E-state index in [-0.39, 0.29) is 22.5 Å². The lowest BCUT2D eigenvalue weighted by Crippen LogP contribution is -2.16. The monoisotopic (exact) mass is 252 g/mol. The molecule has 2 nitrogen and oxygen atoms in total. The van der Waals surface area contributed by atoms with Crippen molar-refractivity contribution in [2.45, 2.75) is 6.92 Å². The molecular weight excluding hydrogens is 242 g/mol. The Labute approximate surface area is 92.9 Å². The van der Waals surface area contributed by atoms with Crippen molar-refractivity contribution >= 4 is 27.9 Å². The number of benzene rings is 1. The molecule has 1 aromatic carbocycles. The lowest BCUT2D eigenvalue weighted by atomic mass is 10.1. The van der Waals surface area contributed by atoms with Gasteiger partial charge in [-0.3, -0.25) is 4.79 Å². The normalized spacial score (nSPS) is 9.86. The minimum absolute atomic E-state index is 0. The van der Waals surface area contributed by atoms with Gasteiger partial charge in [-0.05, 0) is 18.6 Å². The van der Waals surface area contributed by atoms with Crippen molar-refractivity contribution in [2.75, 3.05) is 0 Å². The minimum atomic E-state index is 0. The molecule has 0 bridgehead atoms. The Morgan fingerprint density at radius 1 is 1.21 bits per heavy atom. The van der Waals surface area contributed by atoms with Gasteiger partial charge in [-0.25, -0.2) is 0 Å². The average Bonchev–Trinajstić information content (AvgIpc) is 2.15. The zero-order chi connectivity index (χ0) is 9.42. The first-order valence-corrected chi connectivity index (χ1v) is 4.25. The van der Waals surface area contributed by atoms with E-state index in [4.69, 9.17) is 0 Å². The highest BCUT2D eigenvalue weighted by Gasteiger charge is 2.00. The Balaban J connectivity index is 0.000000980. The van der Waals surface area contributed by atoms with Gasteiger partial charge in [0.1, 0.15) is 0 Å². The SMILES string of the molecule is Cc1cc(=O)n(C)c2ccccc12.[Br]. The third kappa shape index (κ3) is 1.60. The third-order valence-electron chi connectivity index (χ3n) is 2.36. The lowest BCUT2D eigenvalue weighted by Gasteiger charge is -2.05. The molecule has 0 aliphatic rings. The first-order valence-electron chi connectivity index (χ1n) is 4.25. The van der Waals surface area contributed by atoms with Gasteiger partial charge in [0.05, 0.1) is 5.52 Å². The standard InChI is InChI=1S/C11H11NO.Br/c1-8-7-11(13)12(2)10-6-4-3-5-9(8)10;/h3-7H,1-2H3;. The van der Waals surface area contributed by atoms with Crippen LogP contribution in [-0.4, -0.2) is 4.57 Å². The molecule has 0 atom stereocenters. The molecule has 0 N–H and O–H groups in total. The van der Waals surface area contributed by atoms with Crippen LogP contribution in [0.1, 0.15) is 5.56 Å². The summed E-state index contributed by atoms with van der Waals surface area (Å²) in [6.07, 6.45) is 0. The van der Waals surface area contributed by atoms with Crippen LogP contribution in [0.15, 0.2) is 35.1 Å². The summed E-state index contributed by atoms with van der Waals surface area (Å²) in [5, 5.41) is 1.14. The fourth-order valence-corrected chi connectivity index (χ4v) is 1.58. The van der Waals surface area contributed by atoms with Crippen LogP contribution in [0, 0.1) is 6.92 Å². The summed E-state index contributed by atoms with van der Waals surface area (Å²) in [5.41, 5.74) is 2.09. The van der Waals surface area contributed by atoms with Gasteiger partial charge in [0.25, 0.3) is 5.56 Å². The molecule has 0 saturated carbocycles. The maximum absolute atomic E-state index is 11.4. The predicted molar refractivity (Wildman–Crippen MR) is 62.9 cm³/mol. The molecule has 0 aliphatic carbocycles. The zero-order valence-corrected chi connectivity index (χ0v) is 9.71. The van der Waals surface area contributed by atoms with Gasteiger partial charge >= 0.3 is 0 Å². The van der Waals surface area contributed by atoms with Crippen LogP contribution in [-0.2, 0) is 7.05 Å². The highest BCUT2D eigenvalue weighted by Crippen LogP contribution is 2.14. The molecule has 2 rings (SSSR count). The van der Waals surface area contributed by atoms with Gasteiger partial charge in [-0.15, -0.1) is 0 Å². The van der Waals surface area contributed by atoms with E-state index in [1.54, 1.807) is 17.7 Å². The number of rotatable bonds is 0. The molecule has 0 unspecified atom stereocenters. The van der Waals surface area contributed by atoms with Crippen molar-refractivity contribution in [2.24, 2.45) is 7.05 Å². The molecule has 1 heterocycles. The second kappa shape index (κ2) is 3.96. The number of pyridine rings is 1. The molecule has 1 radical (unpaired) electrons. The molecule has 0 fully saturated rings. The number of fused-ring (bicyclic) bond motifs is 1. The zero-order valence-electron chi connectivity index (χ0n) is 8.12. The Morgan fingerprint density at radius 2 is 1.86 bits per heavy atom. The molecule has 0 saturated heterocycles. The number of hydrogen-bond acceptors (Lipinski definition) is 1. The summed E-state index contributed by atoms with van der Waals surface area (Å²) < 4.78 is 1.67. The molecule has 73 valence electrons. The maximum Gasteiger partial charge on any atom is 0.251 e. The molecule has 1 aromatic heterocycles. The van der Waals surface area contributed by atoms with Crippen LogP contribution >= 0.6 is 17.0 Å². The number of halogens is 1. The lowest BCUT2D eigenvalue weighted by molar-refractivity contribution is 0.903. The highest BCUT2D eigenvalue weighted by atomic mass is 79.9. The Bertz CT molecular complexity index is 516. The Hall–Kier alpha value is -1.09. The topological polar surface area (TPSA) is 22.0 Å². The molecule has 3 heteroatoms. The number of nitrogens with zero attached hydrogens (tertiary/aromatic N) is 1. The van der Waals surface area contributed by atoms with E-state index in [0.29, 0.717) is 0 Å². The molecular formula is C11H11BrNO. The number of hydrogen-bond donors (Lipinski definition) is 0. The van der Waals surface area contributed by atoms with Crippen molar-refractivity contribution in [3.05, 3.63) is 46.2 Å². The smallest absolute Gasteiger partial charge is 0.251 e. The van der Waals surface area contributed by atoms with Gasteiger partial charge in [0.2, 0.25) is 0 Å². The fourth-order valence-electron chi connectivity index (χ4n) is 1.58. The third-order valence-corrected chi connectivity index (χ3v) is 2.36. The van der Waals surface area contributed by atoms with E-state index in [1.807, 2.05) is 31.2 Å². The van der Waals surface area contributed by atoms with Crippen molar-refractivity contribution in [3.63, 3.8) is 0 Å². The minimum Gasteiger partial charge on any atom is -0.311 e. The maximum atomic E-state index is 11.4. The number of aromatic nitrogens is 1. The first-order chi connectivity index (χ1) is 6.20. The van der Waals surface area contributed by atoms with E-state index >= 15 is 0 Å². The largest absolute Gasteiger partial charge is 0.311 e. The van der Waals surface area contributed by atoms with Gasteiger partial charge < -0.3 is 4.57 Å². The van der Waals surface area contributed by atoms with Crippen LogP contribution < -0.4 is 5.56 Å².